The molecule has 1 aliphatic heterocycles. The van der Waals surface area contributed by atoms with E-state index in [2.05, 4.69) is 4.90 Å². The van der Waals surface area contributed by atoms with Crippen molar-refractivity contribution in [3.63, 3.8) is 0 Å². The fourth-order valence-corrected chi connectivity index (χ4v) is 4.05. The molecule has 1 unspecified atom stereocenters. The fourth-order valence-electron chi connectivity index (χ4n) is 3.92. The molecule has 2 aromatic rings. The molecule has 164 valence electrons. The van der Waals surface area contributed by atoms with Crippen LogP contribution in [-0.4, -0.2) is 50.5 Å². The quantitative estimate of drug-likeness (QED) is 0.578. The van der Waals surface area contributed by atoms with Gasteiger partial charge in [0, 0.05) is 11.6 Å². The third-order valence-electron chi connectivity index (χ3n) is 5.62. The molecule has 0 saturated carbocycles. The minimum atomic E-state index is -0.740. The molecule has 1 aliphatic rings. The molecular formula is C24H32ClNO4. The molecule has 0 amide bonds. The van der Waals surface area contributed by atoms with Gasteiger partial charge in [0.25, 0.3) is 0 Å². The van der Waals surface area contributed by atoms with Gasteiger partial charge in [-0.2, -0.15) is 0 Å². The van der Waals surface area contributed by atoms with E-state index in [1.807, 2.05) is 36.4 Å². The summed E-state index contributed by atoms with van der Waals surface area (Å²) in [6.45, 7) is 3.64. The van der Waals surface area contributed by atoms with Gasteiger partial charge in [0.15, 0.2) is 11.5 Å². The molecule has 1 heterocycles. The first kappa shape index (κ1) is 22.7. The van der Waals surface area contributed by atoms with Crippen LogP contribution < -0.4 is 14.2 Å². The number of nitrogens with zero attached hydrogens (tertiary/aromatic N) is 1. The molecular weight excluding hydrogens is 402 g/mol. The van der Waals surface area contributed by atoms with Crippen molar-refractivity contribution in [2.75, 3.05) is 40.5 Å². The van der Waals surface area contributed by atoms with Gasteiger partial charge in [0.1, 0.15) is 12.4 Å². The van der Waals surface area contributed by atoms with E-state index in [1.54, 1.807) is 14.2 Å². The largest absolute Gasteiger partial charge is 0.496 e. The molecule has 0 bridgehead atoms. The average molecular weight is 434 g/mol. The number of benzene rings is 2. The van der Waals surface area contributed by atoms with Gasteiger partial charge in [-0.05, 0) is 68.6 Å². The summed E-state index contributed by atoms with van der Waals surface area (Å²) in [7, 11) is 3.22. The molecule has 2 aromatic carbocycles. The van der Waals surface area contributed by atoms with Crippen molar-refractivity contribution >= 4 is 11.6 Å². The lowest BCUT2D eigenvalue weighted by molar-refractivity contribution is 0.149. The van der Waals surface area contributed by atoms with Crippen molar-refractivity contribution in [1.29, 1.82) is 0 Å². The molecule has 0 radical (unpaired) electrons. The number of aliphatic hydroxyl groups excluding tert-OH is 1. The summed E-state index contributed by atoms with van der Waals surface area (Å²) in [5, 5.41) is 11.8. The van der Waals surface area contributed by atoms with Crippen LogP contribution in [0, 0.1) is 0 Å². The van der Waals surface area contributed by atoms with E-state index in [4.69, 9.17) is 25.8 Å². The molecule has 5 nitrogen and oxygen atoms in total. The van der Waals surface area contributed by atoms with Crippen LogP contribution in [0.15, 0.2) is 36.4 Å². The van der Waals surface area contributed by atoms with Crippen LogP contribution in [0.1, 0.15) is 42.9 Å². The first-order chi connectivity index (χ1) is 14.6. The van der Waals surface area contributed by atoms with Gasteiger partial charge >= 0.3 is 0 Å². The Morgan fingerprint density at radius 2 is 1.63 bits per heavy atom. The molecule has 1 atom stereocenters. The summed E-state index contributed by atoms with van der Waals surface area (Å²) >= 11 is 5.97. The Balaban J connectivity index is 1.73. The lowest BCUT2D eigenvalue weighted by atomic mass is 9.99. The molecule has 0 aromatic heterocycles. The first-order valence-corrected chi connectivity index (χ1v) is 11.0. The Labute approximate surface area is 184 Å². The molecule has 1 N–H and O–H groups in total. The maximum atomic E-state index is 11.0. The predicted molar refractivity (Wildman–Crippen MR) is 120 cm³/mol. The zero-order valence-electron chi connectivity index (χ0n) is 17.9. The zero-order valence-corrected chi connectivity index (χ0v) is 18.7. The number of halogens is 1. The predicted octanol–water partition coefficient (Wildman–Crippen LogP) is 4.89. The van der Waals surface area contributed by atoms with E-state index in [9.17, 15) is 5.11 Å². The Bertz CT molecular complexity index is 791. The lowest BCUT2D eigenvalue weighted by Crippen LogP contribution is -2.33. The van der Waals surface area contributed by atoms with Crippen LogP contribution >= 0.6 is 11.6 Å². The summed E-state index contributed by atoms with van der Waals surface area (Å²) in [4.78, 5) is 2.42. The second-order valence-electron chi connectivity index (χ2n) is 7.64. The van der Waals surface area contributed by atoms with Crippen LogP contribution in [-0.2, 0) is 6.42 Å². The highest BCUT2D eigenvalue weighted by Crippen LogP contribution is 2.42. The number of hydrogen-bond acceptors (Lipinski definition) is 5. The Morgan fingerprint density at radius 1 is 0.967 bits per heavy atom. The SMILES string of the molecule is COc1ccc(OC)c(C(O)CCc2ccc(Cl)cc2)c1OCCN1CCCCC1. The van der Waals surface area contributed by atoms with Gasteiger partial charge in [-0.3, -0.25) is 4.90 Å². The van der Waals surface area contributed by atoms with Crippen molar-refractivity contribution in [1.82, 2.24) is 4.90 Å². The minimum absolute atomic E-state index is 0.535. The van der Waals surface area contributed by atoms with Gasteiger partial charge in [0.2, 0.25) is 0 Å². The van der Waals surface area contributed by atoms with Crippen LogP contribution in [0.5, 0.6) is 17.2 Å². The van der Waals surface area contributed by atoms with Crippen molar-refractivity contribution in [2.45, 2.75) is 38.2 Å². The van der Waals surface area contributed by atoms with Crippen LogP contribution in [0.3, 0.4) is 0 Å². The van der Waals surface area contributed by atoms with E-state index in [-0.39, 0.29) is 0 Å². The van der Waals surface area contributed by atoms with E-state index in [0.29, 0.717) is 47.3 Å². The normalized spacial score (nSPS) is 15.6. The minimum Gasteiger partial charge on any atom is -0.496 e. The summed E-state index contributed by atoms with van der Waals surface area (Å²) in [6, 6.07) is 11.3. The summed E-state index contributed by atoms with van der Waals surface area (Å²) in [5.74, 6) is 1.78. The summed E-state index contributed by atoms with van der Waals surface area (Å²) in [5.41, 5.74) is 1.76. The Kier molecular flexibility index (Phi) is 8.67. The standard InChI is InChI=1S/C24H32ClNO4/c1-28-21-12-13-22(29-2)24(30-17-16-26-14-4-3-5-15-26)23(21)20(27)11-8-18-6-9-19(25)10-7-18/h6-7,9-10,12-13,20,27H,3-5,8,11,14-17H2,1-2H3. The Hall–Kier alpha value is -1.95. The van der Waals surface area contributed by atoms with Crippen molar-refractivity contribution in [3.05, 3.63) is 52.5 Å². The maximum Gasteiger partial charge on any atom is 0.170 e. The van der Waals surface area contributed by atoms with E-state index in [1.165, 1.54) is 19.3 Å². The number of aliphatic hydroxyl groups is 1. The smallest absolute Gasteiger partial charge is 0.170 e. The van der Waals surface area contributed by atoms with Crippen molar-refractivity contribution in [2.24, 2.45) is 0 Å². The molecule has 1 saturated heterocycles. The van der Waals surface area contributed by atoms with Gasteiger partial charge < -0.3 is 19.3 Å². The van der Waals surface area contributed by atoms with Gasteiger partial charge in [-0.25, -0.2) is 0 Å². The number of hydrogen-bond donors (Lipinski definition) is 1. The molecule has 1 fully saturated rings. The van der Waals surface area contributed by atoms with Crippen molar-refractivity contribution < 1.29 is 19.3 Å². The highest BCUT2D eigenvalue weighted by Gasteiger charge is 2.23. The van der Waals surface area contributed by atoms with Crippen LogP contribution in [0.2, 0.25) is 5.02 Å². The summed E-state index contributed by atoms with van der Waals surface area (Å²) in [6.07, 6.45) is 4.31. The van der Waals surface area contributed by atoms with E-state index < -0.39 is 6.10 Å². The number of aryl methyl sites for hydroxylation is 1. The third kappa shape index (κ3) is 6.03. The maximum absolute atomic E-state index is 11.0. The lowest BCUT2D eigenvalue weighted by Gasteiger charge is -2.27. The highest BCUT2D eigenvalue weighted by atomic mass is 35.5. The van der Waals surface area contributed by atoms with Gasteiger partial charge in [0.05, 0.1) is 25.9 Å². The second-order valence-corrected chi connectivity index (χ2v) is 8.08. The van der Waals surface area contributed by atoms with Crippen LogP contribution in [0.25, 0.3) is 0 Å². The molecule has 3 rings (SSSR count). The molecule has 0 aliphatic carbocycles. The van der Waals surface area contributed by atoms with E-state index >= 15 is 0 Å². The Morgan fingerprint density at radius 3 is 2.30 bits per heavy atom. The van der Waals surface area contributed by atoms with E-state index in [0.717, 1.165) is 25.2 Å². The number of likely N-dealkylation sites (tertiary alicyclic amines) is 1. The molecule has 30 heavy (non-hydrogen) atoms. The van der Waals surface area contributed by atoms with Gasteiger partial charge in [-0.15, -0.1) is 0 Å². The average Bonchev–Trinajstić information content (AvgIpc) is 2.78. The van der Waals surface area contributed by atoms with Crippen LogP contribution in [0.4, 0.5) is 0 Å². The fraction of sp³-hybridized carbons (Fsp3) is 0.500. The van der Waals surface area contributed by atoms with Crippen molar-refractivity contribution in [3.8, 4) is 17.2 Å². The second kappa shape index (κ2) is 11.4. The number of piperidine rings is 1. The first-order valence-electron chi connectivity index (χ1n) is 10.6. The van der Waals surface area contributed by atoms with Gasteiger partial charge in [-0.1, -0.05) is 30.2 Å². The number of ether oxygens (including phenoxy) is 3. The monoisotopic (exact) mass is 433 g/mol. The highest BCUT2D eigenvalue weighted by molar-refractivity contribution is 6.30. The molecule has 0 spiro atoms. The number of rotatable bonds is 10. The third-order valence-corrected chi connectivity index (χ3v) is 5.87. The number of methoxy groups -OCH3 is 2. The zero-order chi connectivity index (χ0) is 21.3. The topological polar surface area (TPSA) is 51.2 Å². The summed E-state index contributed by atoms with van der Waals surface area (Å²) < 4.78 is 17.3. The molecule has 6 heteroatoms.